The van der Waals surface area contributed by atoms with Gasteiger partial charge in [0.2, 0.25) is 0 Å². The third-order valence-electron chi connectivity index (χ3n) is 14.8. The summed E-state index contributed by atoms with van der Waals surface area (Å²) in [5, 5.41) is 0.254. The molecular formula is C52H102N2O5Si. The topological polar surface area (TPSA) is 68.3 Å². The number of ether oxygens (including phenoxy) is 2. The van der Waals surface area contributed by atoms with Crippen molar-refractivity contribution in [2.45, 2.75) is 252 Å². The Hall–Kier alpha value is -0.963. The summed E-state index contributed by atoms with van der Waals surface area (Å²) in [4.78, 5) is 33.0. The second-order valence-electron chi connectivity index (χ2n) is 21.2. The lowest BCUT2D eigenvalue weighted by Gasteiger charge is -2.36. The van der Waals surface area contributed by atoms with E-state index in [0.29, 0.717) is 13.2 Å². The molecule has 0 bridgehead atoms. The van der Waals surface area contributed by atoms with E-state index in [1.54, 1.807) is 0 Å². The number of carbonyl (C=O) groups excluding carboxylic acids is 2. The molecule has 2 aliphatic heterocycles. The summed E-state index contributed by atoms with van der Waals surface area (Å²) in [7, 11) is -1.70. The molecule has 354 valence electrons. The molecule has 2 fully saturated rings. The maximum atomic E-state index is 13.9. The van der Waals surface area contributed by atoms with Gasteiger partial charge in [0.25, 0.3) is 0 Å². The Kier molecular flexibility index (Phi) is 29.3. The Morgan fingerprint density at radius 2 is 0.983 bits per heavy atom. The highest BCUT2D eigenvalue weighted by molar-refractivity contribution is 6.74. The summed E-state index contributed by atoms with van der Waals surface area (Å²) in [5.74, 6) is -0.0932. The highest BCUT2D eigenvalue weighted by Crippen LogP contribution is 2.41. The molecule has 0 aromatic carbocycles. The van der Waals surface area contributed by atoms with Crippen LogP contribution in [0.4, 0.5) is 0 Å². The average molecular weight is 863 g/mol. The van der Waals surface area contributed by atoms with Crippen molar-refractivity contribution in [1.29, 1.82) is 0 Å². The summed E-state index contributed by atoms with van der Waals surface area (Å²) in [6.45, 7) is 27.6. The summed E-state index contributed by atoms with van der Waals surface area (Å²) in [6, 6.07) is -0.0941. The van der Waals surface area contributed by atoms with Gasteiger partial charge in [-0.2, -0.15) is 0 Å². The highest BCUT2D eigenvalue weighted by atomic mass is 28.4. The summed E-state index contributed by atoms with van der Waals surface area (Å²) >= 11 is 0. The highest BCUT2D eigenvalue weighted by Gasteiger charge is 2.45. The number of hydrogen-bond acceptors (Lipinski definition) is 7. The van der Waals surface area contributed by atoms with Crippen molar-refractivity contribution in [2.75, 3.05) is 52.5 Å². The first kappa shape index (κ1) is 55.2. The normalized spacial score (nSPS) is 17.9. The van der Waals surface area contributed by atoms with Crippen molar-refractivity contribution in [3.63, 3.8) is 0 Å². The summed E-state index contributed by atoms with van der Waals surface area (Å²) in [5.41, 5.74) is 0.267. The molecule has 7 nitrogen and oxygen atoms in total. The van der Waals surface area contributed by atoms with Crippen LogP contribution in [-0.4, -0.2) is 88.6 Å². The minimum absolute atomic E-state index is 0.0205. The van der Waals surface area contributed by atoms with Crippen LogP contribution in [0.2, 0.25) is 18.1 Å². The fourth-order valence-corrected chi connectivity index (χ4v) is 10.5. The van der Waals surface area contributed by atoms with Crippen molar-refractivity contribution < 1.29 is 23.5 Å². The number of esters is 2. The van der Waals surface area contributed by atoms with Gasteiger partial charge in [-0.1, -0.05) is 177 Å². The van der Waals surface area contributed by atoms with Crippen LogP contribution in [0.15, 0.2) is 0 Å². The third-order valence-corrected chi connectivity index (χ3v) is 19.3. The maximum Gasteiger partial charge on any atom is 0.308 e. The van der Waals surface area contributed by atoms with Gasteiger partial charge in [0.1, 0.15) is 13.2 Å². The molecule has 1 spiro atoms. The lowest BCUT2D eigenvalue weighted by molar-refractivity contribution is -0.155. The van der Waals surface area contributed by atoms with Gasteiger partial charge in [-0.25, -0.2) is 0 Å². The van der Waals surface area contributed by atoms with Crippen LogP contribution in [0, 0.1) is 17.3 Å². The molecular weight excluding hydrogens is 761 g/mol. The molecule has 60 heavy (non-hydrogen) atoms. The second kappa shape index (κ2) is 31.8. The number of nitrogens with zero attached hydrogens (tertiary/aromatic N) is 2. The van der Waals surface area contributed by atoms with Crippen molar-refractivity contribution in [1.82, 2.24) is 9.80 Å². The van der Waals surface area contributed by atoms with Crippen LogP contribution in [-0.2, 0) is 23.5 Å². The molecule has 0 radical (unpaired) electrons. The van der Waals surface area contributed by atoms with Crippen molar-refractivity contribution in [3.8, 4) is 0 Å². The third kappa shape index (κ3) is 22.6. The zero-order valence-electron chi connectivity index (χ0n) is 41.6. The van der Waals surface area contributed by atoms with E-state index in [1.165, 1.54) is 116 Å². The zero-order valence-corrected chi connectivity index (χ0v) is 42.6. The van der Waals surface area contributed by atoms with E-state index in [4.69, 9.17) is 13.9 Å². The summed E-state index contributed by atoms with van der Waals surface area (Å²) in [6.07, 6.45) is 32.6. The quantitative estimate of drug-likeness (QED) is 0.0350. The van der Waals surface area contributed by atoms with Crippen LogP contribution < -0.4 is 0 Å². The molecule has 1 atom stereocenters. The van der Waals surface area contributed by atoms with Crippen LogP contribution in [0.25, 0.3) is 0 Å². The molecule has 2 heterocycles. The predicted octanol–water partition coefficient (Wildman–Crippen LogP) is 14.3. The molecule has 8 heteroatoms. The molecule has 1 unspecified atom stereocenters. The first-order valence-corrected chi connectivity index (χ1v) is 29.2. The van der Waals surface area contributed by atoms with Gasteiger partial charge in [0.15, 0.2) is 8.32 Å². The lowest BCUT2D eigenvalue weighted by atomic mass is 9.86. The zero-order chi connectivity index (χ0) is 44.1. The molecule has 0 amide bonds. The van der Waals surface area contributed by atoms with Crippen LogP contribution in [0.1, 0.15) is 228 Å². The molecule has 0 aromatic heterocycles. The van der Waals surface area contributed by atoms with Gasteiger partial charge in [-0.3, -0.25) is 14.5 Å². The second-order valence-corrected chi connectivity index (χ2v) is 26.0. The van der Waals surface area contributed by atoms with Crippen LogP contribution in [0.5, 0.6) is 0 Å². The first-order chi connectivity index (χ1) is 28.8. The molecule has 0 N–H and O–H groups in total. The fourth-order valence-electron chi connectivity index (χ4n) is 9.40. The van der Waals surface area contributed by atoms with E-state index >= 15 is 0 Å². The number of rotatable bonds is 37. The fraction of sp³-hybridized carbons (Fsp3) is 0.962. The van der Waals surface area contributed by atoms with Gasteiger partial charge < -0.3 is 18.8 Å². The van der Waals surface area contributed by atoms with Gasteiger partial charge in [0, 0.05) is 19.7 Å². The molecule has 2 saturated heterocycles. The summed E-state index contributed by atoms with van der Waals surface area (Å²) < 4.78 is 19.1. The van der Waals surface area contributed by atoms with Crippen molar-refractivity contribution >= 4 is 20.3 Å². The SMILES string of the molecule is CCCCCCCC(CCCCCCC)C(=O)OCC(COC(=O)C(CCCCCCC)CCCCCCC)N1CCC2(CCN(CCCCO[Si](C)(C)C(C)(C)C)C2)C1. The average Bonchev–Trinajstić information content (AvgIpc) is 3.82. The lowest BCUT2D eigenvalue weighted by Crippen LogP contribution is -2.44. The van der Waals surface area contributed by atoms with Crippen LogP contribution in [0.3, 0.4) is 0 Å². The van der Waals surface area contributed by atoms with E-state index in [1.807, 2.05) is 0 Å². The number of carbonyl (C=O) groups is 2. The maximum absolute atomic E-state index is 13.9. The Balaban J connectivity index is 2.11. The molecule has 0 aromatic rings. The van der Waals surface area contributed by atoms with Gasteiger partial charge in [-0.15, -0.1) is 0 Å². The van der Waals surface area contributed by atoms with Crippen LogP contribution >= 0.6 is 0 Å². The minimum atomic E-state index is -1.70. The largest absolute Gasteiger partial charge is 0.464 e. The van der Waals surface area contributed by atoms with E-state index in [0.717, 1.165) is 104 Å². The van der Waals surface area contributed by atoms with E-state index in [2.05, 4.69) is 71.4 Å². The Morgan fingerprint density at radius 3 is 1.40 bits per heavy atom. The number of likely N-dealkylation sites (tertiary alicyclic amines) is 2. The number of hydrogen-bond donors (Lipinski definition) is 0. The van der Waals surface area contributed by atoms with E-state index < -0.39 is 8.32 Å². The van der Waals surface area contributed by atoms with E-state index in [-0.39, 0.29) is 40.3 Å². The Bertz CT molecular complexity index is 1020. The Morgan fingerprint density at radius 1 is 0.567 bits per heavy atom. The molecule has 0 aliphatic carbocycles. The first-order valence-electron chi connectivity index (χ1n) is 26.2. The molecule has 0 saturated carbocycles. The Labute approximate surface area is 374 Å². The standard InChI is InChI=1S/C52H102N2O5Si/c1-10-14-18-22-26-32-46(33-27-23-19-15-11-2)49(55)57-42-48(43-58-50(56)47(34-28-24-20-16-12-3)35-29-25-21-17-13-4)54-40-37-52(45-54)36-39-53(44-52)38-30-31-41-59-60(8,9)51(5,6)7/h46-48H,10-45H2,1-9H3. The van der Waals surface area contributed by atoms with Crippen molar-refractivity contribution in [2.24, 2.45) is 17.3 Å². The molecule has 2 aliphatic rings. The monoisotopic (exact) mass is 863 g/mol. The molecule has 2 rings (SSSR count). The minimum Gasteiger partial charge on any atom is -0.464 e. The van der Waals surface area contributed by atoms with Crippen molar-refractivity contribution in [3.05, 3.63) is 0 Å². The van der Waals surface area contributed by atoms with Gasteiger partial charge in [-0.05, 0) is 94.5 Å². The van der Waals surface area contributed by atoms with E-state index in [9.17, 15) is 9.59 Å². The predicted molar refractivity (Wildman–Crippen MR) is 258 cm³/mol. The number of unbranched alkanes of at least 4 members (excludes halogenated alkanes) is 17. The smallest absolute Gasteiger partial charge is 0.308 e. The van der Waals surface area contributed by atoms with Gasteiger partial charge >= 0.3 is 11.9 Å². The van der Waals surface area contributed by atoms with Gasteiger partial charge in [0.05, 0.1) is 17.9 Å².